The van der Waals surface area contributed by atoms with Crippen LogP contribution < -0.4 is 10.1 Å². The van der Waals surface area contributed by atoms with E-state index in [1.165, 1.54) is 12.1 Å². The summed E-state index contributed by atoms with van der Waals surface area (Å²) >= 11 is 0. The van der Waals surface area contributed by atoms with E-state index in [-0.39, 0.29) is 12.5 Å². The molecule has 3 aromatic rings. The molecule has 140 valence electrons. The van der Waals surface area contributed by atoms with Crippen LogP contribution in [-0.2, 0) is 13.0 Å². The Morgan fingerprint density at radius 2 is 2.11 bits per heavy atom. The Hall–Kier alpha value is -3.22. The average Bonchev–Trinajstić information content (AvgIpc) is 3.08. The fourth-order valence-electron chi connectivity index (χ4n) is 2.58. The molecule has 27 heavy (non-hydrogen) atoms. The number of aromatic nitrogens is 3. The van der Waals surface area contributed by atoms with Gasteiger partial charge in [0.05, 0.1) is 0 Å². The minimum Gasteiger partial charge on any atom is -0.439 e. The van der Waals surface area contributed by atoms with Crippen LogP contribution in [0.25, 0.3) is 0 Å². The first kappa shape index (κ1) is 18.6. The lowest BCUT2D eigenvalue weighted by Gasteiger charge is -2.10. The van der Waals surface area contributed by atoms with Crippen molar-refractivity contribution in [3.63, 3.8) is 0 Å². The van der Waals surface area contributed by atoms with Gasteiger partial charge in [-0.1, -0.05) is 26.0 Å². The zero-order chi connectivity index (χ0) is 19.2. The number of benzene rings is 1. The summed E-state index contributed by atoms with van der Waals surface area (Å²) in [5.74, 6) is 0.438. The molecule has 2 N–H and O–H groups in total. The largest absolute Gasteiger partial charge is 0.439 e. The predicted octanol–water partition coefficient (Wildman–Crippen LogP) is 3.86. The summed E-state index contributed by atoms with van der Waals surface area (Å²) in [7, 11) is 0. The van der Waals surface area contributed by atoms with Crippen LogP contribution in [0.3, 0.4) is 0 Å². The topological polar surface area (TPSA) is 79.9 Å². The fourth-order valence-corrected chi connectivity index (χ4v) is 2.58. The van der Waals surface area contributed by atoms with E-state index < -0.39 is 5.82 Å². The number of hydrogen-bond acceptors (Lipinski definition) is 4. The minimum atomic E-state index is -0.394. The first-order valence-corrected chi connectivity index (χ1v) is 8.71. The van der Waals surface area contributed by atoms with Gasteiger partial charge in [0.2, 0.25) is 5.88 Å². The molecule has 0 spiro atoms. The molecule has 2 aromatic heterocycles. The molecule has 0 aliphatic heterocycles. The second-order valence-electron chi connectivity index (χ2n) is 6.59. The summed E-state index contributed by atoms with van der Waals surface area (Å²) in [6.07, 6.45) is 2.40. The number of carbonyl (C=O) groups excluding carboxylic acids is 1. The summed E-state index contributed by atoms with van der Waals surface area (Å²) in [4.78, 5) is 16.5. The number of nitrogens with zero attached hydrogens (tertiary/aromatic N) is 2. The molecule has 1 amide bonds. The van der Waals surface area contributed by atoms with Gasteiger partial charge in [-0.2, -0.15) is 5.10 Å². The third-order valence-corrected chi connectivity index (χ3v) is 3.79. The number of ether oxygens (including phenoxy) is 1. The fraction of sp³-hybridized carbons (Fsp3) is 0.250. The van der Waals surface area contributed by atoms with Crippen molar-refractivity contribution in [1.82, 2.24) is 20.5 Å². The lowest BCUT2D eigenvalue weighted by atomic mass is 10.1. The highest BCUT2D eigenvalue weighted by atomic mass is 19.1. The van der Waals surface area contributed by atoms with E-state index in [1.807, 2.05) is 0 Å². The van der Waals surface area contributed by atoms with Crippen molar-refractivity contribution >= 4 is 5.91 Å². The SMILES string of the molecule is CC(C)Cc1cc(C(=O)NCc2cccnc2Oc2cccc(F)c2)n[nH]1. The van der Waals surface area contributed by atoms with Gasteiger partial charge in [-0.05, 0) is 36.6 Å². The normalized spacial score (nSPS) is 10.8. The maximum absolute atomic E-state index is 13.3. The zero-order valence-corrected chi connectivity index (χ0v) is 15.2. The Morgan fingerprint density at radius 3 is 2.89 bits per heavy atom. The molecule has 0 aliphatic carbocycles. The van der Waals surface area contributed by atoms with Gasteiger partial charge in [0, 0.05) is 30.1 Å². The second kappa shape index (κ2) is 8.44. The lowest BCUT2D eigenvalue weighted by molar-refractivity contribution is 0.0945. The Kier molecular flexibility index (Phi) is 5.80. The summed E-state index contributed by atoms with van der Waals surface area (Å²) < 4.78 is 19.0. The van der Waals surface area contributed by atoms with E-state index >= 15 is 0 Å². The van der Waals surface area contributed by atoms with Crippen LogP contribution in [0.1, 0.15) is 35.6 Å². The standard InChI is InChI=1S/C20H21FN4O2/c1-13(2)9-16-11-18(25-24-16)19(26)23-12-14-5-4-8-22-20(14)27-17-7-3-6-15(21)10-17/h3-8,10-11,13H,9,12H2,1-2H3,(H,23,26)(H,24,25). The molecule has 0 unspecified atom stereocenters. The highest BCUT2D eigenvalue weighted by Crippen LogP contribution is 2.23. The van der Waals surface area contributed by atoms with Gasteiger partial charge in [0.25, 0.3) is 5.91 Å². The van der Waals surface area contributed by atoms with Crippen LogP contribution in [0.2, 0.25) is 0 Å². The highest BCUT2D eigenvalue weighted by molar-refractivity contribution is 5.92. The van der Waals surface area contributed by atoms with Crippen LogP contribution in [0.15, 0.2) is 48.7 Å². The van der Waals surface area contributed by atoms with Crippen LogP contribution in [-0.4, -0.2) is 21.1 Å². The van der Waals surface area contributed by atoms with Crippen molar-refractivity contribution in [3.8, 4) is 11.6 Å². The van der Waals surface area contributed by atoms with Crippen molar-refractivity contribution in [2.45, 2.75) is 26.8 Å². The van der Waals surface area contributed by atoms with E-state index in [4.69, 9.17) is 4.74 Å². The molecule has 7 heteroatoms. The predicted molar refractivity (Wildman–Crippen MR) is 99.0 cm³/mol. The molecule has 0 aliphatic rings. The van der Waals surface area contributed by atoms with Crippen LogP contribution in [0.4, 0.5) is 4.39 Å². The number of halogens is 1. The maximum atomic E-state index is 13.3. The van der Waals surface area contributed by atoms with Gasteiger partial charge in [0.15, 0.2) is 0 Å². The second-order valence-corrected chi connectivity index (χ2v) is 6.59. The third-order valence-electron chi connectivity index (χ3n) is 3.79. The van der Waals surface area contributed by atoms with Gasteiger partial charge in [-0.25, -0.2) is 9.37 Å². The number of aromatic amines is 1. The third kappa shape index (κ3) is 5.13. The smallest absolute Gasteiger partial charge is 0.272 e. The van der Waals surface area contributed by atoms with Crippen LogP contribution >= 0.6 is 0 Å². The molecule has 0 radical (unpaired) electrons. The number of pyridine rings is 1. The van der Waals surface area contributed by atoms with Crippen molar-refractivity contribution in [1.29, 1.82) is 0 Å². The average molecular weight is 368 g/mol. The quantitative estimate of drug-likeness (QED) is 0.664. The van der Waals surface area contributed by atoms with E-state index in [0.29, 0.717) is 28.8 Å². The number of amides is 1. The van der Waals surface area contributed by atoms with Gasteiger partial charge in [-0.3, -0.25) is 9.89 Å². The van der Waals surface area contributed by atoms with Crippen molar-refractivity contribution < 1.29 is 13.9 Å². The van der Waals surface area contributed by atoms with Crippen molar-refractivity contribution in [2.75, 3.05) is 0 Å². The highest BCUT2D eigenvalue weighted by Gasteiger charge is 2.13. The summed E-state index contributed by atoms with van der Waals surface area (Å²) in [6, 6.07) is 11.1. The first-order chi connectivity index (χ1) is 13.0. The molecule has 0 saturated heterocycles. The van der Waals surface area contributed by atoms with Crippen LogP contribution in [0.5, 0.6) is 11.6 Å². The number of hydrogen-bond donors (Lipinski definition) is 2. The molecular formula is C20H21FN4O2. The number of rotatable bonds is 7. The number of nitrogens with one attached hydrogen (secondary N) is 2. The molecule has 0 fully saturated rings. The first-order valence-electron chi connectivity index (χ1n) is 8.71. The molecule has 0 saturated carbocycles. The monoisotopic (exact) mass is 368 g/mol. The zero-order valence-electron chi connectivity index (χ0n) is 15.2. The number of H-pyrrole nitrogens is 1. The molecule has 2 heterocycles. The molecule has 0 bridgehead atoms. The Labute approximate surface area is 156 Å². The molecule has 6 nitrogen and oxygen atoms in total. The Balaban J connectivity index is 1.66. The van der Waals surface area contributed by atoms with Crippen molar-refractivity contribution in [2.24, 2.45) is 5.92 Å². The van der Waals surface area contributed by atoms with E-state index in [0.717, 1.165) is 12.1 Å². The van der Waals surface area contributed by atoms with Gasteiger partial charge >= 0.3 is 0 Å². The Morgan fingerprint density at radius 1 is 1.26 bits per heavy atom. The van der Waals surface area contributed by atoms with Gasteiger partial charge in [-0.15, -0.1) is 0 Å². The Bertz CT molecular complexity index is 924. The maximum Gasteiger partial charge on any atom is 0.272 e. The minimum absolute atomic E-state index is 0.212. The van der Waals surface area contributed by atoms with Gasteiger partial charge in [0.1, 0.15) is 17.3 Å². The molecule has 1 aromatic carbocycles. The van der Waals surface area contributed by atoms with Gasteiger partial charge < -0.3 is 10.1 Å². The lowest BCUT2D eigenvalue weighted by Crippen LogP contribution is -2.23. The summed E-state index contributed by atoms with van der Waals surface area (Å²) in [5, 5.41) is 9.74. The van der Waals surface area contributed by atoms with E-state index in [1.54, 1.807) is 36.5 Å². The molecular weight excluding hydrogens is 347 g/mol. The number of carbonyl (C=O) groups is 1. The summed E-state index contributed by atoms with van der Waals surface area (Å²) in [5.41, 5.74) is 1.93. The molecule has 3 rings (SSSR count). The summed E-state index contributed by atoms with van der Waals surface area (Å²) in [6.45, 7) is 4.41. The van der Waals surface area contributed by atoms with E-state index in [2.05, 4.69) is 34.3 Å². The van der Waals surface area contributed by atoms with Crippen LogP contribution in [0, 0.1) is 11.7 Å². The molecule has 0 atom stereocenters. The van der Waals surface area contributed by atoms with E-state index in [9.17, 15) is 9.18 Å². The van der Waals surface area contributed by atoms with Crippen molar-refractivity contribution in [3.05, 3.63) is 71.4 Å².